The number of oxime groups is 1. The number of hydrogen-bond donors (Lipinski definition) is 2. The summed E-state index contributed by atoms with van der Waals surface area (Å²) in [6, 6.07) is 3.49. The molecule has 1 aromatic rings. The van der Waals surface area contributed by atoms with Crippen molar-refractivity contribution in [1.29, 1.82) is 0 Å². The molecule has 2 heterocycles. The molecule has 0 aromatic carbocycles. The third-order valence-electron chi connectivity index (χ3n) is 3.16. The molecule has 19 heavy (non-hydrogen) atoms. The highest BCUT2D eigenvalue weighted by molar-refractivity contribution is 7.99. The fourth-order valence-electron chi connectivity index (χ4n) is 1.90. The van der Waals surface area contributed by atoms with Gasteiger partial charge in [0, 0.05) is 30.6 Å². The maximum Gasteiger partial charge on any atom is 0.272 e. The van der Waals surface area contributed by atoms with E-state index in [0.717, 1.165) is 17.9 Å². The van der Waals surface area contributed by atoms with Crippen molar-refractivity contribution in [2.45, 2.75) is 12.5 Å². The van der Waals surface area contributed by atoms with Crippen LogP contribution in [0.2, 0.25) is 0 Å². The number of amidine groups is 1. The Hall–Kier alpha value is -1.76. The van der Waals surface area contributed by atoms with Gasteiger partial charge in [-0.2, -0.15) is 11.8 Å². The molecule has 2 rings (SSSR count). The van der Waals surface area contributed by atoms with E-state index < -0.39 is 0 Å². The highest BCUT2D eigenvalue weighted by Gasteiger charge is 2.25. The topological polar surface area (TPSA) is 91.8 Å². The molecule has 3 N–H and O–H groups in total. The van der Waals surface area contributed by atoms with Crippen LogP contribution in [0, 0.1) is 0 Å². The minimum atomic E-state index is -0.0986. The molecule has 1 fully saturated rings. The first-order valence-electron chi connectivity index (χ1n) is 5.92. The SMILES string of the molecule is CN(C(=O)c1ccc(C(N)=NO)cn1)C1CCSC1. The fraction of sp³-hybridized carbons (Fsp3) is 0.417. The van der Waals surface area contributed by atoms with Gasteiger partial charge in [-0.1, -0.05) is 5.16 Å². The van der Waals surface area contributed by atoms with Crippen LogP contribution < -0.4 is 5.73 Å². The Morgan fingerprint density at radius 1 is 1.63 bits per heavy atom. The van der Waals surface area contributed by atoms with E-state index in [2.05, 4.69) is 10.1 Å². The van der Waals surface area contributed by atoms with E-state index in [9.17, 15) is 4.79 Å². The van der Waals surface area contributed by atoms with E-state index in [1.54, 1.807) is 24.1 Å². The van der Waals surface area contributed by atoms with Gasteiger partial charge in [0.25, 0.3) is 5.91 Å². The highest BCUT2D eigenvalue weighted by Crippen LogP contribution is 2.22. The molecule has 0 spiro atoms. The summed E-state index contributed by atoms with van der Waals surface area (Å²) >= 11 is 1.86. The van der Waals surface area contributed by atoms with Crippen molar-refractivity contribution < 1.29 is 10.0 Å². The molecule has 1 aliphatic rings. The number of aromatic nitrogens is 1. The van der Waals surface area contributed by atoms with Crippen molar-refractivity contribution in [2.75, 3.05) is 18.6 Å². The molecule has 0 saturated carbocycles. The highest BCUT2D eigenvalue weighted by atomic mass is 32.2. The summed E-state index contributed by atoms with van der Waals surface area (Å²) in [5.41, 5.74) is 6.30. The van der Waals surface area contributed by atoms with Gasteiger partial charge in [0.2, 0.25) is 0 Å². The molecule has 102 valence electrons. The quantitative estimate of drug-likeness (QED) is 0.369. The summed E-state index contributed by atoms with van der Waals surface area (Å²) in [6.45, 7) is 0. The van der Waals surface area contributed by atoms with E-state index in [-0.39, 0.29) is 17.8 Å². The molecule has 1 saturated heterocycles. The van der Waals surface area contributed by atoms with Crippen molar-refractivity contribution in [2.24, 2.45) is 10.9 Å². The predicted molar refractivity (Wildman–Crippen MR) is 74.6 cm³/mol. The normalized spacial score (nSPS) is 19.4. The second-order valence-electron chi connectivity index (χ2n) is 4.35. The molecule has 0 aliphatic carbocycles. The molecular formula is C12H16N4O2S. The van der Waals surface area contributed by atoms with Gasteiger partial charge in [0.1, 0.15) is 5.69 Å². The molecule has 1 atom stereocenters. The Kier molecular flexibility index (Phi) is 4.26. The number of nitrogens with zero attached hydrogens (tertiary/aromatic N) is 3. The van der Waals surface area contributed by atoms with Crippen LogP contribution >= 0.6 is 11.8 Å². The summed E-state index contributed by atoms with van der Waals surface area (Å²) in [5, 5.41) is 11.4. The average molecular weight is 280 g/mol. The zero-order valence-corrected chi connectivity index (χ0v) is 11.4. The summed E-state index contributed by atoms with van der Waals surface area (Å²) in [4.78, 5) is 18.0. The van der Waals surface area contributed by atoms with Crippen LogP contribution in [0.1, 0.15) is 22.5 Å². The molecule has 7 heteroatoms. The van der Waals surface area contributed by atoms with Gasteiger partial charge in [-0.15, -0.1) is 0 Å². The number of thioether (sulfide) groups is 1. The van der Waals surface area contributed by atoms with Crippen molar-refractivity contribution in [1.82, 2.24) is 9.88 Å². The molecule has 0 radical (unpaired) electrons. The Balaban J connectivity index is 2.11. The van der Waals surface area contributed by atoms with Gasteiger partial charge in [-0.25, -0.2) is 0 Å². The number of rotatable bonds is 3. The van der Waals surface area contributed by atoms with Crippen LogP contribution in [0.3, 0.4) is 0 Å². The van der Waals surface area contributed by atoms with E-state index >= 15 is 0 Å². The van der Waals surface area contributed by atoms with E-state index in [1.807, 2.05) is 11.8 Å². The summed E-state index contributed by atoms with van der Waals surface area (Å²) < 4.78 is 0. The number of amides is 1. The monoisotopic (exact) mass is 280 g/mol. The Morgan fingerprint density at radius 2 is 2.42 bits per heavy atom. The smallest absolute Gasteiger partial charge is 0.272 e. The molecule has 1 aromatic heterocycles. The van der Waals surface area contributed by atoms with Crippen molar-refractivity contribution in [3.05, 3.63) is 29.6 Å². The lowest BCUT2D eigenvalue weighted by Crippen LogP contribution is -2.37. The van der Waals surface area contributed by atoms with Gasteiger partial charge >= 0.3 is 0 Å². The summed E-state index contributed by atoms with van der Waals surface area (Å²) in [6.07, 6.45) is 2.45. The van der Waals surface area contributed by atoms with Crippen LogP contribution in [0.15, 0.2) is 23.5 Å². The van der Waals surface area contributed by atoms with Crippen LogP contribution in [-0.2, 0) is 0 Å². The van der Waals surface area contributed by atoms with Crippen LogP contribution in [0.25, 0.3) is 0 Å². The third kappa shape index (κ3) is 2.98. The molecule has 1 unspecified atom stereocenters. The van der Waals surface area contributed by atoms with Crippen LogP contribution in [0.4, 0.5) is 0 Å². The lowest BCUT2D eigenvalue weighted by molar-refractivity contribution is 0.0742. The van der Waals surface area contributed by atoms with Gasteiger partial charge in [0.15, 0.2) is 5.84 Å². The first-order chi connectivity index (χ1) is 9.13. The Labute approximate surface area is 115 Å². The Morgan fingerprint density at radius 3 is 2.95 bits per heavy atom. The minimum Gasteiger partial charge on any atom is -0.409 e. The van der Waals surface area contributed by atoms with Crippen LogP contribution in [0.5, 0.6) is 0 Å². The van der Waals surface area contributed by atoms with Crippen molar-refractivity contribution in [3.8, 4) is 0 Å². The number of pyridine rings is 1. The van der Waals surface area contributed by atoms with Gasteiger partial charge in [-0.3, -0.25) is 9.78 Å². The molecule has 6 nitrogen and oxygen atoms in total. The number of carbonyl (C=O) groups is 1. The molecular weight excluding hydrogens is 264 g/mol. The predicted octanol–water partition coefficient (Wildman–Crippen LogP) is 0.754. The minimum absolute atomic E-state index is 0.0213. The molecule has 1 amide bonds. The fourth-order valence-corrected chi connectivity index (χ4v) is 3.17. The number of nitrogens with two attached hydrogens (primary N) is 1. The van der Waals surface area contributed by atoms with Crippen molar-refractivity contribution >= 4 is 23.5 Å². The number of hydrogen-bond acceptors (Lipinski definition) is 5. The van der Waals surface area contributed by atoms with Gasteiger partial charge in [-0.05, 0) is 24.3 Å². The van der Waals surface area contributed by atoms with Crippen LogP contribution in [-0.4, -0.2) is 51.4 Å². The first-order valence-corrected chi connectivity index (χ1v) is 7.08. The van der Waals surface area contributed by atoms with Gasteiger partial charge in [0.05, 0.1) is 0 Å². The lowest BCUT2D eigenvalue weighted by Gasteiger charge is -2.23. The zero-order chi connectivity index (χ0) is 13.8. The lowest BCUT2D eigenvalue weighted by atomic mass is 10.2. The van der Waals surface area contributed by atoms with Crippen molar-refractivity contribution in [3.63, 3.8) is 0 Å². The third-order valence-corrected chi connectivity index (χ3v) is 4.30. The van der Waals surface area contributed by atoms with E-state index in [4.69, 9.17) is 10.9 Å². The Bertz CT molecular complexity index is 483. The summed E-state index contributed by atoms with van der Waals surface area (Å²) in [7, 11) is 1.80. The molecule has 0 bridgehead atoms. The maximum absolute atomic E-state index is 12.2. The van der Waals surface area contributed by atoms with E-state index in [1.165, 1.54) is 6.20 Å². The largest absolute Gasteiger partial charge is 0.409 e. The second kappa shape index (κ2) is 5.92. The second-order valence-corrected chi connectivity index (χ2v) is 5.50. The van der Waals surface area contributed by atoms with E-state index in [0.29, 0.717) is 11.3 Å². The standard InChI is InChI=1S/C12H16N4O2S/c1-16(9-4-5-19-7-9)12(17)10-3-2-8(6-14-10)11(13)15-18/h2-3,6,9,18H,4-5,7H2,1H3,(H2,13,15). The molecule has 1 aliphatic heterocycles. The summed E-state index contributed by atoms with van der Waals surface area (Å²) in [5.74, 6) is 1.95. The zero-order valence-electron chi connectivity index (χ0n) is 10.6. The van der Waals surface area contributed by atoms with Gasteiger partial charge < -0.3 is 15.8 Å². The number of carbonyl (C=O) groups excluding carboxylic acids is 1. The average Bonchev–Trinajstić information content (AvgIpc) is 2.99. The maximum atomic E-state index is 12.2. The first kappa shape index (κ1) is 13.7.